The van der Waals surface area contributed by atoms with E-state index >= 15 is 0 Å². The molecule has 3 atom stereocenters. The summed E-state index contributed by atoms with van der Waals surface area (Å²) in [6, 6.07) is 0. The summed E-state index contributed by atoms with van der Waals surface area (Å²) in [7, 11) is 1.10. The fraction of sp³-hybridized carbons (Fsp3) is 0.714. The molecular weight excluding hydrogens is 778 g/mol. The number of carbonyl (C=O) groups is 2. The highest BCUT2D eigenvalue weighted by atomic mass is 31.2. The molecule has 0 rings (SSSR count). The van der Waals surface area contributed by atoms with Crippen molar-refractivity contribution in [2.24, 2.45) is 0 Å². The van der Waals surface area contributed by atoms with Crippen LogP contribution >= 0.6 is 7.82 Å². The number of hydrogen-bond donors (Lipinski definition) is 1. The molecule has 0 aliphatic rings. The van der Waals surface area contributed by atoms with Crippen molar-refractivity contribution in [2.45, 2.75) is 180 Å². The molecule has 11 heteroatoms. The first kappa shape index (κ1) is 57.4. The molecule has 0 bridgehead atoms. The monoisotopic (exact) mass is 864 g/mol. The highest BCUT2D eigenvalue weighted by Gasteiger charge is 2.21. The third-order valence-corrected chi connectivity index (χ3v) is 10.5. The van der Waals surface area contributed by atoms with Gasteiger partial charge < -0.3 is 33.0 Å². The molecule has 2 unspecified atom stereocenters. The van der Waals surface area contributed by atoms with Gasteiger partial charge >= 0.3 is 11.9 Å². The van der Waals surface area contributed by atoms with E-state index in [0.29, 0.717) is 30.3 Å². The van der Waals surface area contributed by atoms with Crippen molar-refractivity contribution < 1.29 is 47.2 Å². The molecule has 10 nitrogen and oxygen atoms in total. The molecule has 0 amide bonds. The number of ether oxygens (including phenoxy) is 2. The van der Waals surface area contributed by atoms with Gasteiger partial charge in [-0.2, -0.15) is 0 Å². The number of unbranched alkanes of at least 4 members (excludes halogenated alkanes) is 15. The average Bonchev–Trinajstić information content (AvgIpc) is 3.19. The molecule has 0 aromatic heterocycles. The number of phosphoric acid groups is 1. The molecule has 0 aromatic rings. The third-order valence-electron chi connectivity index (χ3n) is 9.54. The Hall–Kier alpha value is -2.59. The second-order valence-electron chi connectivity index (χ2n) is 16.6. The van der Waals surface area contributed by atoms with E-state index in [9.17, 15) is 24.2 Å². The molecule has 1 N–H and O–H groups in total. The minimum atomic E-state index is -4.65. The number of carbonyl (C=O) groups excluding carboxylic acids is 2. The Kier molecular flexibility index (Phi) is 38.7. The molecule has 0 spiro atoms. The Morgan fingerprint density at radius 1 is 0.633 bits per heavy atom. The summed E-state index contributed by atoms with van der Waals surface area (Å²) >= 11 is 0. The van der Waals surface area contributed by atoms with E-state index in [4.69, 9.17) is 18.5 Å². The summed E-state index contributed by atoms with van der Waals surface area (Å²) in [5.74, 6) is -0.908. The van der Waals surface area contributed by atoms with Gasteiger partial charge in [-0.1, -0.05) is 151 Å². The molecule has 0 saturated heterocycles. The number of likely N-dealkylation sites (N-methyl/N-ethyl adjacent to an activating group) is 1. The van der Waals surface area contributed by atoms with Gasteiger partial charge in [0.25, 0.3) is 7.82 Å². The maximum absolute atomic E-state index is 12.7. The van der Waals surface area contributed by atoms with Crippen molar-refractivity contribution in [3.63, 3.8) is 0 Å². The Labute approximate surface area is 366 Å². The van der Waals surface area contributed by atoms with Crippen LogP contribution in [-0.2, 0) is 32.7 Å². The molecule has 0 fully saturated rings. The fourth-order valence-corrected chi connectivity index (χ4v) is 6.60. The van der Waals surface area contributed by atoms with Gasteiger partial charge in [-0.05, 0) is 77.0 Å². The first-order valence-corrected chi connectivity index (χ1v) is 24.7. The molecule has 0 heterocycles. The van der Waals surface area contributed by atoms with Crippen LogP contribution in [0.3, 0.4) is 0 Å². The summed E-state index contributed by atoms with van der Waals surface area (Å²) in [4.78, 5) is 37.6. The van der Waals surface area contributed by atoms with Gasteiger partial charge in [0.05, 0.1) is 33.9 Å². The maximum atomic E-state index is 12.7. The van der Waals surface area contributed by atoms with Crippen LogP contribution < -0.4 is 4.89 Å². The van der Waals surface area contributed by atoms with E-state index < -0.39 is 38.6 Å². The summed E-state index contributed by atoms with van der Waals surface area (Å²) in [5, 5.41) is 9.89. The minimum Gasteiger partial charge on any atom is -0.756 e. The highest BCUT2D eigenvalue weighted by molar-refractivity contribution is 7.45. The van der Waals surface area contributed by atoms with E-state index in [2.05, 4.69) is 56.4 Å². The number of quaternary nitrogens is 1. The number of rotatable bonds is 41. The lowest BCUT2D eigenvalue weighted by Gasteiger charge is -2.28. The largest absolute Gasteiger partial charge is 0.756 e. The van der Waals surface area contributed by atoms with Crippen LogP contribution in [0.15, 0.2) is 72.9 Å². The van der Waals surface area contributed by atoms with Crippen LogP contribution in [0.25, 0.3) is 0 Å². The predicted octanol–water partition coefficient (Wildman–Crippen LogP) is 11.7. The first-order valence-electron chi connectivity index (χ1n) is 23.3. The lowest BCUT2D eigenvalue weighted by molar-refractivity contribution is -0.870. The number of phosphoric ester groups is 1. The van der Waals surface area contributed by atoms with Gasteiger partial charge in [0.1, 0.15) is 19.8 Å². The van der Waals surface area contributed by atoms with E-state index in [1.165, 1.54) is 32.1 Å². The van der Waals surface area contributed by atoms with Crippen molar-refractivity contribution in [2.75, 3.05) is 47.5 Å². The number of aliphatic hydroxyl groups excluding tert-OH is 1. The van der Waals surface area contributed by atoms with Crippen molar-refractivity contribution in [3.05, 3.63) is 72.9 Å². The number of aliphatic hydroxyl groups is 1. The van der Waals surface area contributed by atoms with E-state index in [1.54, 1.807) is 6.08 Å². The quantitative estimate of drug-likeness (QED) is 0.0159. The number of nitrogens with zero attached hydrogens (tertiary/aromatic N) is 1. The first-order chi connectivity index (χ1) is 28.9. The lowest BCUT2D eigenvalue weighted by atomic mass is 10.1. The molecule has 0 aromatic carbocycles. The van der Waals surface area contributed by atoms with Crippen LogP contribution in [0.1, 0.15) is 168 Å². The van der Waals surface area contributed by atoms with Crippen molar-refractivity contribution >= 4 is 19.8 Å². The van der Waals surface area contributed by atoms with Crippen molar-refractivity contribution in [3.8, 4) is 0 Å². The van der Waals surface area contributed by atoms with E-state index in [1.807, 2.05) is 45.4 Å². The SMILES string of the molecule is CC/C=C/CC(O)/C=C/C=C/CCCCCCCC(=O)O[C@H](COC(=O)CCCCCCCC/C=C\C/C=C\C/C=C\CCCCCC)COP(=O)([O-])OCC[N+](C)(C)C. The summed E-state index contributed by atoms with van der Waals surface area (Å²) in [6.45, 7) is 3.92. The van der Waals surface area contributed by atoms with Gasteiger partial charge in [-0.3, -0.25) is 14.2 Å². The second-order valence-corrected chi connectivity index (χ2v) is 18.0. The zero-order valence-electron chi connectivity index (χ0n) is 38.5. The third kappa shape index (κ3) is 43.5. The topological polar surface area (TPSA) is 131 Å². The van der Waals surface area contributed by atoms with Crippen LogP contribution in [0.4, 0.5) is 0 Å². The van der Waals surface area contributed by atoms with Gasteiger partial charge in [-0.15, -0.1) is 0 Å². The van der Waals surface area contributed by atoms with Gasteiger partial charge in [0, 0.05) is 12.8 Å². The number of allylic oxidation sites excluding steroid dienone is 10. The number of hydrogen-bond acceptors (Lipinski definition) is 9. The summed E-state index contributed by atoms with van der Waals surface area (Å²) in [5.41, 5.74) is 0. The Morgan fingerprint density at radius 3 is 1.75 bits per heavy atom. The predicted molar refractivity (Wildman–Crippen MR) is 246 cm³/mol. The molecule has 0 saturated carbocycles. The normalized spacial score (nSPS) is 14.7. The van der Waals surface area contributed by atoms with Crippen LogP contribution in [-0.4, -0.2) is 81.2 Å². The molecule has 346 valence electrons. The van der Waals surface area contributed by atoms with Crippen LogP contribution in [0, 0.1) is 0 Å². The molecule has 0 aliphatic carbocycles. The van der Waals surface area contributed by atoms with Gasteiger partial charge in [0.2, 0.25) is 0 Å². The average molecular weight is 864 g/mol. The summed E-state index contributed by atoms with van der Waals surface area (Å²) < 4.78 is 33.9. The van der Waals surface area contributed by atoms with Crippen LogP contribution in [0.2, 0.25) is 0 Å². The Bertz CT molecular complexity index is 1270. The number of esters is 2. The smallest absolute Gasteiger partial charge is 0.306 e. The molecule has 0 radical (unpaired) electrons. The standard InChI is InChI=1S/C49H86NO9P/c1-6-8-10-11-12-13-14-15-16-17-18-19-20-21-22-23-26-29-32-36-40-48(52)56-44-47(45-58-60(54,55)57-43-42-50(3,4)5)59-49(53)41-37-33-30-27-24-25-28-31-35-39-46(51)38-34-9-7-2/h9,13-14,16-17,19-20,28,31,34-35,39,46-47,51H,6-8,10-12,15,18,21-27,29-30,32-33,36-38,40-45H2,1-5H3/b14-13-,17-16-,20-19-,31-28+,34-9+,39-35+/t46?,47-/m1/s1. The Balaban J connectivity index is 4.41. The fourth-order valence-electron chi connectivity index (χ4n) is 5.87. The van der Waals surface area contributed by atoms with Gasteiger partial charge in [-0.25, -0.2) is 0 Å². The summed E-state index contributed by atoms with van der Waals surface area (Å²) in [6.07, 6.45) is 46.8. The molecule has 0 aliphatic heterocycles. The van der Waals surface area contributed by atoms with Crippen molar-refractivity contribution in [1.82, 2.24) is 0 Å². The van der Waals surface area contributed by atoms with Crippen molar-refractivity contribution in [1.29, 1.82) is 0 Å². The minimum absolute atomic E-state index is 0.0505. The zero-order chi connectivity index (χ0) is 44.4. The molecular formula is C49H86NO9P. The highest BCUT2D eigenvalue weighted by Crippen LogP contribution is 2.38. The van der Waals surface area contributed by atoms with E-state index in [-0.39, 0.29) is 26.1 Å². The lowest BCUT2D eigenvalue weighted by Crippen LogP contribution is -2.37. The second kappa shape index (κ2) is 40.5. The zero-order valence-corrected chi connectivity index (χ0v) is 39.4. The van der Waals surface area contributed by atoms with E-state index in [0.717, 1.165) is 89.9 Å². The molecule has 60 heavy (non-hydrogen) atoms. The maximum Gasteiger partial charge on any atom is 0.306 e. The van der Waals surface area contributed by atoms with Gasteiger partial charge in [0.15, 0.2) is 6.10 Å². The Morgan fingerprint density at radius 2 is 1.17 bits per heavy atom. The van der Waals surface area contributed by atoms with Crippen LogP contribution in [0.5, 0.6) is 0 Å².